The van der Waals surface area contributed by atoms with E-state index in [2.05, 4.69) is 60.4 Å². The number of nitrogens with one attached hydrogen (secondary N) is 2. The van der Waals surface area contributed by atoms with E-state index in [9.17, 15) is 0 Å². The van der Waals surface area contributed by atoms with Gasteiger partial charge in [-0.2, -0.15) is 0 Å². The number of aromatic nitrogens is 2. The highest BCUT2D eigenvalue weighted by atomic mass is 15.3. The number of unbranched alkanes of at least 4 members (excludes halogenated alkanes) is 1. The molecule has 0 fully saturated rings. The molecule has 1 heterocycles. The molecule has 0 spiro atoms. The Morgan fingerprint density at radius 1 is 1.14 bits per heavy atom. The average Bonchev–Trinajstić information content (AvgIpc) is 2.46. The average molecular weight is 294 g/mol. The highest BCUT2D eigenvalue weighted by Gasteiger charge is 2.07. The summed E-state index contributed by atoms with van der Waals surface area (Å²) in [7, 11) is 2.16. The summed E-state index contributed by atoms with van der Waals surface area (Å²) in [5.41, 5.74) is 2.59. The van der Waals surface area contributed by atoms with E-state index in [4.69, 9.17) is 5.84 Å². The van der Waals surface area contributed by atoms with Crippen molar-refractivity contribution in [3.63, 3.8) is 0 Å². The zero-order valence-corrected chi connectivity index (χ0v) is 14.0. The Morgan fingerprint density at radius 2 is 1.81 bits per heavy atom. The largest absolute Gasteiger partial charge is 0.370 e. The van der Waals surface area contributed by atoms with Gasteiger partial charge >= 0.3 is 0 Å². The zero-order valence-electron chi connectivity index (χ0n) is 14.0. The van der Waals surface area contributed by atoms with Crippen molar-refractivity contribution in [3.05, 3.63) is 11.9 Å². The normalized spacial score (nSPS) is 11.5. The van der Waals surface area contributed by atoms with Gasteiger partial charge in [0.2, 0.25) is 0 Å². The first-order chi connectivity index (χ1) is 9.93. The fourth-order valence-corrected chi connectivity index (χ4v) is 1.85. The molecule has 1 aromatic heterocycles. The van der Waals surface area contributed by atoms with Crippen LogP contribution < -0.4 is 16.6 Å². The number of nitrogen functional groups attached to an aromatic ring is 1. The van der Waals surface area contributed by atoms with E-state index < -0.39 is 0 Å². The Bertz CT molecular complexity index is 419. The summed E-state index contributed by atoms with van der Waals surface area (Å²) in [4.78, 5) is 11.2. The lowest BCUT2D eigenvalue weighted by atomic mass is 10.2. The van der Waals surface area contributed by atoms with E-state index in [1.807, 2.05) is 6.07 Å². The Kier molecular flexibility index (Phi) is 7.39. The fraction of sp³-hybridized carbons (Fsp3) is 0.733. The van der Waals surface area contributed by atoms with Crippen molar-refractivity contribution in [1.82, 2.24) is 14.9 Å². The standard InChI is InChI=1S/C15H30N6/c1-11(2)15-18-13(10-14(19-15)20-16)17-8-6-7-9-21(5)12(3)4/h10-12H,6-9,16H2,1-5H3,(H2,17,18,19,20). The molecule has 0 aliphatic carbocycles. The van der Waals surface area contributed by atoms with E-state index in [0.717, 1.165) is 31.2 Å². The van der Waals surface area contributed by atoms with Crippen LogP contribution in [0.15, 0.2) is 6.07 Å². The number of hydrogen-bond acceptors (Lipinski definition) is 6. The summed E-state index contributed by atoms with van der Waals surface area (Å²) in [6.45, 7) is 10.6. The molecule has 120 valence electrons. The van der Waals surface area contributed by atoms with Crippen molar-refractivity contribution in [2.45, 2.75) is 52.5 Å². The van der Waals surface area contributed by atoms with Crippen LogP contribution in [0.1, 0.15) is 52.3 Å². The maximum atomic E-state index is 5.45. The Labute approximate surface area is 128 Å². The lowest BCUT2D eigenvalue weighted by molar-refractivity contribution is 0.269. The monoisotopic (exact) mass is 294 g/mol. The van der Waals surface area contributed by atoms with Gasteiger partial charge in [-0.15, -0.1) is 0 Å². The van der Waals surface area contributed by atoms with E-state index >= 15 is 0 Å². The first kappa shape index (κ1) is 17.7. The summed E-state index contributed by atoms with van der Waals surface area (Å²) < 4.78 is 0. The van der Waals surface area contributed by atoms with E-state index in [1.165, 1.54) is 6.42 Å². The van der Waals surface area contributed by atoms with Crippen LogP contribution >= 0.6 is 0 Å². The van der Waals surface area contributed by atoms with Gasteiger partial charge < -0.3 is 15.6 Å². The molecule has 1 rings (SSSR count). The summed E-state index contributed by atoms with van der Waals surface area (Å²) in [5, 5.41) is 3.35. The number of anilines is 2. The third kappa shape index (κ3) is 6.27. The topological polar surface area (TPSA) is 79.1 Å². The van der Waals surface area contributed by atoms with Gasteiger partial charge in [-0.25, -0.2) is 15.8 Å². The molecule has 1 aromatic rings. The number of rotatable bonds is 9. The van der Waals surface area contributed by atoms with Crippen LogP contribution in [0.4, 0.5) is 11.6 Å². The third-order valence-corrected chi connectivity index (χ3v) is 3.53. The molecule has 6 nitrogen and oxygen atoms in total. The molecule has 0 aliphatic rings. The van der Waals surface area contributed by atoms with Gasteiger partial charge in [0.25, 0.3) is 0 Å². The molecular weight excluding hydrogens is 264 g/mol. The summed E-state index contributed by atoms with van der Waals surface area (Å²) in [6.07, 6.45) is 2.29. The van der Waals surface area contributed by atoms with Crippen LogP contribution in [0.2, 0.25) is 0 Å². The minimum Gasteiger partial charge on any atom is -0.370 e. The second-order valence-corrected chi connectivity index (χ2v) is 6.00. The van der Waals surface area contributed by atoms with Crippen LogP contribution in [0.5, 0.6) is 0 Å². The number of hydrogen-bond donors (Lipinski definition) is 3. The summed E-state index contributed by atoms with van der Waals surface area (Å²) >= 11 is 0. The van der Waals surface area contributed by atoms with E-state index in [-0.39, 0.29) is 5.92 Å². The molecule has 0 radical (unpaired) electrons. The highest BCUT2D eigenvalue weighted by molar-refractivity contribution is 5.47. The molecular formula is C15H30N6. The van der Waals surface area contributed by atoms with Crippen LogP contribution in [0.3, 0.4) is 0 Å². The van der Waals surface area contributed by atoms with Crippen molar-refractivity contribution in [2.75, 3.05) is 30.9 Å². The van der Waals surface area contributed by atoms with Crippen LogP contribution in [-0.4, -0.2) is 41.0 Å². The second kappa shape index (κ2) is 8.79. The van der Waals surface area contributed by atoms with Gasteiger partial charge in [-0.3, -0.25) is 0 Å². The minimum atomic E-state index is 0.276. The first-order valence-corrected chi connectivity index (χ1v) is 7.73. The molecule has 0 aliphatic heterocycles. The van der Waals surface area contributed by atoms with Crippen LogP contribution in [0, 0.1) is 0 Å². The summed E-state index contributed by atoms with van der Waals surface area (Å²) in [5.74, 6) is 8.01. The van der Waals surface area contributed by atoms with Gasteiger partial charge in [0.1, 0.15) is 17.5 Å². The van der Waals surface area contributed by atoms with Gasteiger partial charge in [-0.1, -0.05) is 13.8 Å². The lowest BCUT2D eigenvalue weighted by Gasteiger charge is -2.20. The SMILES string of the molecule is CC(C)c1nc(NN)cc(NCCCCN(C)C(C)C)n1. The minimum absolute atomic E-state index is 0.276. The first-order valence-electron chi connectivity index (χ1n) is 7.73. The van der Waals surface area contributed by atoms with Crippen molar-refractivity contribution in [1.29, 1.82) is 0 Å². The second-order valence-electron chi connectivity index (χ2n) is 6.00. The smallest absolute Gasteiger partial charge is 0.145 e. The molecule has 0 saturated heterocycles. The quantitative estimate of drug-likeness (QED) is 0.369. The van der Waals surface area contributed by atoms with Gasteiger partial charge in [0, 0.05) is 24.6 Å². The van der Waals surface area contributed by atoms with Gasteiger partial charge in [0.15, 0.2) is 0 Å². The Balaban J connectivity index is 2.43. The van der Waals surface area contributed by atoms with Gasteiger partial charge in [0.05, 0.1) is 0 Å². The van der Waals surface area contributed by atoms with Crippen LogP contribution in [0.25, 0.3) is 0 Å². The molecule has 0 saturated carbocycles. The van der Waals surface area contributed by atoms with E-state index in [0.29, 0.717) is 11.9 Å². The molecule has 4 N–H and O–H groups in total. The molecule has 6 heteroatoms. The Hall–Kier alpha value is -1.40. The van der Waals surface area contributed by atoms with Crippen LogP contribution in [-0.2, 0) is 0 Å². The number of nitrogens with two attached hydrogens (primary N) is 1. The molecule has 0 aromatic carbocycles. The van der Waals surface area contributed by atoms with Crippen molar-refractivity contribution in [2.24, 2.45) is 5.84 Å². The lowest BCUT2D eigenvalue weighted by Crippen LogP contribution is -2.27. The highest BCUT2D eigenvalue weighted by Crippen LogP contribution is 2.16. The number of hydrazine groups is 1. The molecule has 0 unspecified atom stereocenters. The molecule has 0 atom stereocenters. The third-order valence-electron chi connectivity index (χ3n) is 3.53. The predicted octanol–water partition coefficient (Wildman–Crippen LogP) is 2.42. The molecule has 21 heavy (non-hydrogen) atoms. The maximum Gasteiger partial charge on any atom is 0.145 e. The van der Waals surface area contributed by atoms with Crippen molar-refractivity contribution in [3.8, 4) is 0 Å². The number of nitrogens with zero attached hydrogens (tertiary/aromatic N) is 3. The molecule has 0 bridgehead atoms. The van der Waals surface area contributed by atoms with E-state index in [1.54, 1.807) is 0 Å². The van der Waals surface area contributed by atoms with Crippen molar-refractivity contribution < 1.29 is 0 Å². The predicted molar refractivity (Wildman–Crippen MR) is 89.4 cm³/mol. The summed E-state index contributed by atoms with van der Waals surface area (Å²) in [6, 6.07) is 2.44. The fourth-order valence-electron chi connectivity index (χ4n) is 1.85. The van der Waals surface area contributed by atoms with Crippen molar-refractivity contribution >= 4 is 11.6 Å². The maximum absolute atomic E-state index is 5.45. The zero-order chi connectivity index (χ0) is 15.8. The van der Waals surface area contributed by atoms with Gasteiger partial charge in [-0.05, 0) is 40.3 Å². The molecule has 0 amide bonds. The Morgan fingerprint density at radius 3 is 2.38 bits per heavy atom.